The number of unbranched alkanes of at least 4 members (excludes halogenated alkanes) is 1. The second-order valence-corrected chi connectivity index (χ2v) is 4.46. The molecule has 96 valence electrons. The van der Waals surface area contributed by atoms with Gasteiger partial charge in [-0.25, -0.2) is 0 Å². The van der Waals surface area contributed by atoms with Gasteiger partial charge in [0.25, 0.3) is 0 Å². The Morgan fingerprint density at radius 3 is 2.31 bits per heavy atom. The first-order valence-electron chi connectivity index (χ1n) is 6.14. The summed E-state index contributed by atoms with van der Waals surface area (Å²) >= 11 is 0. The average Bonchev–Trinajstić information content (AvgIpc) is 2.30. The third kappa shape index (κ3) is 3.98. The zero-order chi connectivity index (χ0) is 12.0. The van der Waals surface area contributed by atoms with E-state index >= 15 is 0 Å². The fourth-order valence-electron chi connectivity index (χ4n) is 2.13. The van der Waals surface area contributed by atoms with Crippen LogP contribution in [0.5, 0.6) is 0 Å². The molecule has 0 N–H and O–H groups in total. The minimum atomic E-state index is -2.96. The number of hydrogen-bond donors (Lipinski definition) is 0. The molecular weight excluding hydrogens is 214 g/mol. The summed E-state index contributed by atoms with van der Waals surface area (Å²) in [5.41, 5.74) is 0. The summed E-state index contributed by atoms with van der Waals surface area (Å²) < 4.78 is 36.3. The molecule has 0 aromatic heterocycles. The molecule has 2 nitrogen and oxygen atoms in total. The van der Waals surface area contributed by atoms with Crippen LogP contribution < -0.4 is 0 Å². The van der Waals surface area contributed by atoms with Gasteiger partial charge in [0.05, 0.1) is 12.0 Å². The second kappa shape index (κ2) is 6.50. The molecule has 0 aromatic rings. The van der Waals surface area contributed by atoms with E-state index in [4.69, 9.17) is 4.74 Å². The Morgan fingerprint density at radius 1 is 1.19 bits per heavy atom. The number of halogens is 2. The van der Waals surface area contributed by atoms with Crippen LogP contribution in [0.3, 0.4) is 0 Å². The molecule has 1 aliphatic carbocycles. The van der Waals surface area contributed by atoms with Crippen LogP contribution >= 0.6 is 0 Å². The first-order valence-corrected chi connectivity index (χ1v) is 6.14. The minimum absolute atomic E-state index is 0.176. The van der Waals surface area contributed by atoms with Gasteiger partial charge in [-0.2, -0.15) is 8.78 Å². The van der Waals surface area contributed by atoms with Gasteiger partial charge in [-0.1, -0.05) is 13.3 Å². The van der Waals surface area contributed by atoms with Gasteiger partial charge in [-0.3, -0.25) is 0 Å². The van der Waals surface area contributed by atoms with Crippen LogP contribution in [0, 0.1) is 5.92 Å². The van der Waals surface area contributed by atoms with Crippen molar-refractivity contribution in [2.45, 2.75) is 57.7 Å². The highest BCUT2D eigenvalue weighted by Gasteiger charge is 2.41. The quantitative estimate of drug-likeness (QED) is 0.656. The van der Waals surface area contributed by atoms with E-state index in [0.717, 1.165) is 39.4 Å². The van der Waals surface area contributed by atoms with E-state index in [2.05, 4.69) is 11.7 Å². The maximum atomic E-state index is 13.2. The van der Waals surface area contributed by atoms with Crippen LogP contribution in [0.1, 0.15) is 45.4 Å². The van der Waals surface area contributed by atoms with Gasteiger partial charge in [0, 0.05) is 13.7 Å². The van der Waals surface area contributed by atoms with Gasteiger partial charge >= 0.3 is 6.11 Å². The SMILES string of the molecule is CCCCOC1CCC(C(F)(F)OC)CC1. The summed E-state index contributed by atoms with van der Waals surface area (Å²) in [4.78, 5) is 0. The molecule has 1 rings (SSSR count). The molecule has 0 radical (unpaired) electrons. The smallest absolute Gasteiger partial charge is 0.358 e. The van der Waals surface area contributed by atoms with Crippen molar-refractivity contribution in [1.82, 2.24) is 0 Å². The van der Waals surface area contributed by atoms with Crippen molar-refractivity contribution in [2.24, 2.45) is 5.92 Å². The number of ether oxygens (including phenoxy) is 2. The summed E-state index contributed by atoms with van der Waals surface area (Å²) in [5.74, 6) is -0.636. The maximum absolute atomic E-state index is 13.2. The highest BCUT2D eigenvalue weighted by atomic mass is 19.3. The van der Waals surface area contributed by atoms with E-state index in [9.17, 15) is 8.78 Å². The Labute approximate surface area is 96.3 Å². The zero-order valence-electron chi connectivity index (χ0n) is 10.2. The molecule has 1 saturated carbocycles. The molecule has 0 unspecified atom stereocenters. The van der Waals surface area contributed by atoms with Crippen molar-refractivity contribution in [2.75, 3.05) is 13.7 Å². The lowest BCUT2D eigenvalue weighted by Crippen LogP contribution is -2.35. The summed E-state index contributed by atoms with van der Waals surface area (Å²) in [6.45, 7) is 2.87. The molecule has 0 saturated heterocycles. The number of methoxy groups -OCH3 is 1. The molecule has 1 fully saturated rings. The zero-order valence-corrected chi connectivity index (χ0v) is 10.2. The molecule has 0 heterocycles. The third-order valence-electron chi connectivity index (χ3n) is 3.27. The van der Waals surface area contributed by atoms with Crippen molar-refractivity contribution in [3.63, 3.8) is 0 Å². The van der Waals surface area contributed by atoms with Gasteiger partial charge in [0.2, 0.25) is 0 Å². The van der Waals surface area contributed by atoms with Crippen molar-refractivity contribution in [3.05, 3.63) is 0 Å². The Hall–Kier alpha value is -0.220. The van der Waals surface area contributed by atoms with Gasteiger partial charge in [-0.05, 0) is 32.1 Å². The molecule has 4 heteroatoms. The van der Waals surface area contributed by atoms with Crippen molar-refractivity contribution in [3.8, 4) is 0 Å². The fourth-order valence-corrected chi connectivity index (χ4v) is 2.13. The molecule has 1 aliphatic rings. The Morgan fingerprint density at radius 2 is 1.81 bits per heavy atom. The van der Waals surface area contributed by atoms with E-state index in [-0.39, 0.29) is 6.10 Å². The van der Waals surface area contributed by atoms with Crippen molar-refractivity contribution < 1.29 is 18.3 Å². The average molecular weight is 236 g/mol. The van der Waals surface area contributed by atoms with Crippen LogP contribution in [0.2, 0.25) is 0 Å². The van der Waals surface area contributed by atoms with Gasteiger partial charge < -0.3 is 9.47 Å². The number of rotatable bonds is 6. The Balaban J connectivity index is 2.23. The van der Waals surface area contributed by atoms with E-state index in [1.165, 1.54) is 0 Å². The summed E-state index contributed by atoms with van der Waals surface area (Å²) in [6, 6.07) is 0. The first-order chi connectivity index (χ1) is 7.60. The fraction of sp³-hybridized carbons (Fsp3) is 1.00. The number of hydrogen-bond acceptors (Lipinski definition) is 2. The summed E-state index contributed by atoms with van der Waals surface area (Å²) in [5, 5.41) is 0. The van der Waals surface area contributed by atoms with E-state index in [1.54, 1.807) is 0 Å². The maximum Gasteiger partial charge on any atom is 0.358 e. The minimum Gasteiger partial charge on any atom is -0.378 e. The Kier molecular flexibility index (Phi) is 5.62. The molecule has 0 atom stereocenters. The van der Waals surface area contributed by atoms with Crippen LogP contribution in [0.25, 0.3) is 0 Å². The Bertz CT molecular complexity index is 189. The highest BCUT2D eigenvalue weighted by molar-refractivity contribution is 4.78. The van der Waals surface area contributed by atoms with Crippen molar-refractivity contribution in [1.29, 1.82) is 0 Å². The molecular formula is C12H22F2O2. The lowest BCUT2D eigenvalue weighted by Gasteiger charge is -2.32. The van der Waals surface area contributed by atoms with Gasteiger partial charge in [0.15, 0.2) is 0 Å². The molecule has 0 spiro atoms. The predicted molar refractivity (Wildman–Crippen MR) is 58.6 cm³/mol. The third-order valence-corrected chi connectivity index (χ3v) is 3.27. The standard InChI is InChI=1S/C12H22F2O2/c1-3-4-9-16-11-7-5-10(6-8-11)12(13,14)15-2/h10-11H,3-9H2,1-2H3. The van der Waals surface area contributed by atoms with E-state index in [1.807, 2.05) is 0 Å². The lowest BCUT2D eigenvalue weighted by molar-refractivity contribution is -0.264. The monoisotopic (exact) mass is 236 g/mol. The largest absolute Gasteiger partial charge is 0.378 e. The normalized spacial score (nSPS) is 27.0. The molecule has 0 aliphatic heterocycles. The van der Waals surface area contributed by atoms with Gasteiger partial charge in [-0.15, -0.1) is 0 Å². The second-order valence-electron chi connectivity index (χ2n) is 4.46. The first kappa shape index (κ1) is 13.8. The molecule has 16 heavy (non-hydrogen) atoms. The van der Waals surface area contributed by atoms with Crippen LogP contribution in [0.4, 0.5) is 8.78 Å². The lowest BCUT2D eigenvalue weighted by atomic mass is 9.86. The van der Waals surface area contributed by atoms with E-state index in [0.29, 0.717) is 12.8 Å². The van der Waals surface area contributed by atoms with Crippen LogP contribution in [0.15, 0.2) is 0 Å². The van der Waals surface area contributed by atoms with E-state index < -0.39 is 12.0 Å². The summed E-state index contributed by atoms with van der Waals surface area (Å²) in [6.07, 6.45) is 1.82. The number of alkyl halides is 2. The highest BCUT2D eigenvalue weighted by Crippen LogP contribution is 2.37. The predicted octanol–water partition coefficient (Wildman–Crippen LogP) is 3.60. The topological polar surface area (TPSA) is 18.5 Å². The molecule has 0 aromatic carbocycles. The van der Waals surface area contributed by atoms with Crippen LogP contribution in [-0.4, -0.2) is 25.9 Å². The van der Waals surface area contributed by atoms with Crippen molar-refractivity contribution >= 4 is 0 Å². The molecule has 0 bridgehead atoms. The van der Waals surface area contributed by atoms with Crippen LogP contribution in [-0.2, 0) is 9.47 Å². The molecule has 0 amide bonds. The van der Waals surface area contributed by atoms with Gasteiger partial charge in [0.1, 0.15) is 0 Å². The summed E-state index contributed by atoms with van der Waals surface area (Å²) in [7, 11) is 1.07.